The van der Waals surface area contributed by atoms with Gasteiger partial charge in [0, 0.05) is 13.0 Å². The normalized spacial score (nSPS) is 18.0. The Hall–Kier alpha value is 0.730. The van der Waals surface area contributed by atoms with E-state index >= 15 is 0 Å². The Balaban J connectivity index is 0.000000360. The van der Waals surface area contributed by atoms with Crippen LogP contribution in [0, 0.1) is 0 Å². The fraction of sp³-hybridized carbons (Fsp3) is 0.750. The number of carbonyl (C=O) groups excluding carboxylic acids is 1. The van der Waals surface area contributed by atoms with Gasteiger partial charge in [-0.05, 0) is 6.42 Å². The predicted molar refractivity (Wildman–Crippen MR) is 30.8 cm³/mol. The molecule has 2 nitrogen and oxygen atoms in total. The average molecular weight is 127 g/mol. The minimum atomic E-state index is 0. The topological polar surface area (TPSA) is 29.1 Å². The van der Waals surface area contributed by atoms with E-state index in [9.17, 15) is 4.79 Å². The van der Waals surface area contributed by atoms with Gasteiger partial charge in [-0.2, -0.15) is 0 Å². The number of hydrogen-bond donors (Lipinski definition) is 1. The molecule has 0 aromatic rings. The Kier molecular flexibility index (Phi) is 4.08. The van der Waals surface area contributed by atoms with Crippen LogP contribution in [0.3, 0.4) is 0 Å². The van der Waals surface area contributed by atoms with Crippen molar-refractivity contribution in [1.29, 1.82) is 0 Å². The first-order chi connectivity index (χ1) is 2.89. The SMILES string of the molecule is O=C1CCCN1.[CaH2]. The Morgan fingerprint density at radius 3 is 2.43 bits per heavy atom. The second-order valence-electron chi connectivity index (χ2n) is 1.45. The molecule has 0 saturated carbocycles. The zero-order chi connectivity index (χ0) is 4.41. The molecule has 1 fully saturated rings. The van der Waals surface area contributed by atoms with Gasteiger partial charge in [-0.15, -0.1) is 0 Å². The van der Waals surface area contributed by atoms with Gasteiger partial charge in [0.25, 0.3) is 0 Å². The Labute approximate surface area is 72.7 Å². The fourth-order valence-corrected chi connectivity index (χ4v) is 0.565. The van der Waals surface area contributed by atoms with E-state index in [4.69, 9.17) is 0 Å². The summed E-state index contributed by atoms with van der Waals surface area (Å²) in [6, 6.07) is 0. The van der Waals surface area contributed by atoms with Gasteiger partial charge in [0.05, 0.1) is 0 Å². The van der Waals surface area contributed by atoms with Crippen molar-refractivity contribution in [3.8, 4) is 0 Å². The summed E-state index contributed by atoms with van der Waals surface area (Å²) in [6.45, 7) is 0.888. The van der Waals surface area contributed by atoms with E-state index in [1.54, 1.807) is 0 Å². The van der Waals surface area contributed by atoms with Crippen LogP contribution in [0.1, 0.15) is 12.8 Å². The molecular formula is C4H9CaNO. The standard InChI is InChI=1S/C4H7NO.Ca.2H/c6-4-2-1-3-5-4;;;/h1-3H2,(H,5,6);;;. The van der Waals surface area contributed by atoms with Gasteiger partial charge in [0.1, 0.15) is 0 Å². The van der Waals surface area contributed by atoms with Gasteiger partial charge in [-0.3, -0.25) is 4.79 Å². The molecule has 1 heterocycles. The Bertz CT molecular complexity index is 66.1. The van der Waals surface area contributed by atoms with E-state index in [0.717, 1.165) is 19.4 Å². The molecule has 1 aliphatic heterocycles. The second-order valence-corrected chi connectivity index (χ2v) is 1.45. The Morgan fingerprint density at radius 2 is 2.29 bits per heavy atom. The molecule has 1 N–H and O–H groups in total. The van der Waals surface area contributed by atoms with Crippen LogP contribution in [0.5, 0.6) is 0 Å². The van der Waals surface area contributed by atoms with Crippen LogP contribution in [0.25, 0.3) is 0 Å². The van der Waals surface area contributed by atoms with Crippen LogP contribution < -0.4 is 5.32 Å². The van der Waals surface area contributed by atoms with Crippen molar-refractivity contribution >= 4 is 43.6 Å². The molecule has 0 unspecified atom stereocenters. The first-order valence-electron chi connectivity index (χ1n) is 2.16. The van der Waals surface area contributed by atoms with Crippen molar-refractivity contribution in [2.24, 2.45) is 0 Å². The number of rotatable bonds is 0. The molecule has 7 heavy (non-hydrogen) atoms. The molecule has 1 rings (SSSR count). The van der Waals surface area contributed by atoms with E-state index in [0.29, 0.717) is 0 Å². The van der Waals surface area contributed by atoms with E-state index < -0.39 is 0 Å². The van der Waals surface area contributed by atoms with Gasteiger partial charge in [0.15, 0.2) is 0 Å². The van der Waals surface area contributed by atoms with Crippen molar-refractivity contribution in [2.75, 3.05) is 6.54 Å². The molecule has 0 radical (unpaired) electrons. The zero-order valence-electron chi connectivity index (χ0n) is 3.53. The number of carbonyl (C=O) groups is 1. The van der Waals surface area contributed by atoms with Gasteiger partial charge >= 0.3 is 37.7 Å². The van der Waals surface area contributed by atoms with Crippen LogP contribution >= 0.6 is 0 Å². The molecule has 0 atom stereocenters. The monoisotopic (exact) mass is 127 g/mol. The summed E-state index contributed by atoms with van der Waals surface area (Å²) in [7, 11) is 0. The number of amides is 1. The third-order valence-electron chi connectivity index (χ3n) is 0.903. The van der Waals surface area contributed by atoms with Crippen molar-refractivity contribution in [2.45, 2.75) is 12.8 Å². The van der Waals surface area contributed by atoms with Gasteiger partial charge in [-0.25, -0.2) is 0 Å². The van der Waals surface area contributed by atoms with Crippen molar-refractivity contribution < 1.29 is 4.79 Å². The average Bonchev–Trinajstić information content (AvgIpc) is 1.86. The third-order valence-corrected chi connectivity index (χ3v) is 0.903. The van der Waals surface area contributed by atoms with Gasteiger partial charge in [0.2, 0.25) is 5.91 Å². The molecule has 0 aromatic carbocycles. The van der Waals surface area contributed by atoms with E-state index in [2.05, 4.69) is 5.32 Å². The van der Waals surface area contributed by atoms with E-state index in [-0.39, 0.29) is 43.6 Å². The molecular weight excluding hydrogens is 118 g/mol. The summed E-state index contributed by atoms with van der Waals surface area (Å²) in [6.07, 6.45) is 1.76. The number of hydrogen-bond acceptors (Lipinski definition) is 1. The van der Waals surface area contributed by atoms with Crippen LogP contribution in [0.2, 0.25) is 0 Å². The molecule has 3 heteroatoms. The molecule has 1 saturated heterocycles. The molecule has 0 spiro atoms. The van der Waals surface area contributed by atoms with Crippen LogP contribution in [-0.2, 0) is 4.79 Å². The van der Waals surface area contributed by atoms with Crippen molar-refractivity contribution in [3.05, 3.63) is 0 Å². The number of nitrogens with one attached hydrogen (secondary N) is 1. The maximum atomic E-state index is 10.1. The summed E-state index contributed by atoms with van der Waals surface area (Å²) in [5, 5.41) is 2.68. The van der Waals surface area contributed by atoms with Gasteiger partial charge < -0.3 is 5.32 Å². The second kappa shape index (κ2) is 3.70. The Morgan fingerprint density at radius 1 is 1.57 bits per heavy atom. The van der Waals surface area contributed by atoms with E-state index in [1.165, 1.54) is 0 Å². The van der Waals surface area contributed by atoms with Crippen molar-refractivity contribution in [1.82, 2.24) is 5.32 Å². The maximum absolute atomic E-state index is 10.1. The predicted octanol–water partition coefficient (Wildman–Crippen LogP) is -1.02. The molecule has 38 valence electrons. The third kappa shape index (κ3) is 2.52. The first kappa shape index (κ1) is 7.73. The van der Waals surface area contributed by atoms with Crippen LogP contribution in [0.15, 0.2) is 0 Å². The summed E-state index contributed by atoms with van der Waals surface area (Å²) in [4.78, 5) is 10.1. The summed E-state index contributed by atoms with van der Waals surface area (Å²) < 4.78 is 0. The van der Waals surface area contributed by atoms with Crippen LogP contribution in [-0.4, -0.2) is 50.2 Å². The molecule has 0 bridgehead atoms. The van der Waals surface area contributed by atoms with Gasteiger partial charge in [-0.1, -0.05) is 0 Å². The first-order valence-corrected chi connectivity index (χ1v) is 2.16. The van der Waals surface area contributed by atoms with E-state index in [1.807, 2.05) is 0 Å². The summed E-state index contributed by atoms with van der Waals surface area (Å²) in [5.74, 6) is 0.204. The molecule has 0 aromatic heterocycles. The fourth-order valence-electron chi connectivity index (χ4n) is 0.565. The molecule has 0 aliphatic carbocycles. The van der Waals surface area contributed by atoms with Crippen LogP contribution in [0.4, 0.5) is 0 Å². The minimum absolute atomic E-state index is 0. The molecule has 1 aliphatic rings. The quantitative estimate of drug-likeness (QED) is 0.415. The van der Waals surface area contributed by atoms with Crippen molar-refractivity contribution in [3.63, 3.8) is 0 Å². The zero-order valence-corrected chi connectivity index (χ0v) is 3.53. The summed E-state index contributed by atoms with van der Waals surface area (Å²) >= 11 is 0. The summed E-state index contributed by atoms with van der Waals surface area (Å²) in [5.41, 5.74) is 0. The molecule has 1 amide bonds.